The maximum Gasteiger partial charge on any atom is 0.248 e. The number of hydrogen-bond acceptors (Lipinski definition) is 4. The Balaban J connectivity index is 1.35. The topological polar surface area (TPSA) is 94.3 Å². The molecule has 29 heavy (non-hydrogen) atoms. The molecule has 2 atom stereocenters. The number of amides is 2. The van der Waals surface area contributed by atoms with Crippen LogP contribution in [0.25, 0.3) is 0 Å². The average Bonchev–Trinajstić information content (AvgIpc) is 3.51. The van der Waals surface area contributed by atoms with Crippen LogP contribution in [0.5, 0.6) is 11.6 Å². The van der Waals surface area contributed by atoms with Crippen LogP contribution in [0.4, 0.5) is 10.1 Å². The average molecular weight is 391 g/mol. The van der Waals surface area contributed by atoms with E-state index >= 15 is 0 Å². The zero-order valence-electron chi connectivity index (χ0n) is 15.3. The van der Waals surface area contributed by atoms with Crippen molar-refractivity contribution in [3.05, 3.63) is 83.8 Å². The van der Waals surface area contributed by atoms with Crippen molar-refractivity contribution in [2.24, 2.45) is 11.7 Å². The monoisotopic (exact) mass is 391 g/mol. The molecule has 2 amide bonds. The molecular weight excluding hydrogens is 373 g/mol. The quantitative estimate of drug-likeness (QED) is 0.667. The van der Waals surface area contributed by atoms with E-state index in [1.165, 1.54) is 24.4 Å². The largest absolute Gasteiger partial charge is 0.439 e. The SMILES string of the molecule is NC(=O)c1cccc(Oc2ccc(NC(=O)[C@@H]3C[C@H]3c3ccc(F)cc3)cn2)c1. The number of primary amides is 1. The van der Waals surface area contributed by atoms with Crippen molar-refractivity contribution in [2.75, 3.05) is 5.32 Å². The molecular formula is C22H18FN3O3. The highest BCUT2D eigenvalue weighted by molar-refractivity contribution is 5.95. The second kappa shape index (κ2) is 7.71. The summed E-state index contributed by atoms with van der Waals surface area (Å²) in [6, 6.07) is 16.0. The molecule has 0 radical (unpaired) electrons. The van der Waals surface area contributed by atoms with E-state index in [2.05, 4.69) is 10.3 Å². The van der Waals surface area contributed by atoms with E-state index in [-0.39, 0.29) is 23.6 Å². The van der Waals surface area contributed by atoms with E-state index in [0.717, 1.165) is 12.0 Å². The minimum atomic E-state index is -0.541. The van der Waals surface area contributed by atoms with E-state index in [1.807, 2.05) is 0 Å². The molecule has 4 rings (SSSR count). The zero-order chi connectivity index (χ0) is 20.4. The number of aromatic nitrogens is 1. The molecule has 1 heterocycles. The van der Waals surface area contributed by atoms with Gasteiger partial charge in [0.25, 0.3) is 0 Å². The molecule has 0 spiro atoms. The number of nitrogens with zero attached hydrogens (tertiary/aromatic N) is 1. The van der Waals surface area contributed by atoms with Gasteiger partial charge in [0.15, 0.2) is 0 Å². The van der Waals surface area contributed by atoms with Gasteiger partial charge < -0.3 is 15.8 Å². The summed E-state index contributed by atoms with van der Waals surface area (Å²) < 4.78 is 18.6. The van der Waals surface area contributed by atoms with Gasteiger partial charge in [0.2, 0.25) is 17.7 Å². The third-order valence-electron chi connectivity index (χ3n) is 4.77. The molecule has 0 saturated heterocycles. The summed E-state index contributed by atoms with van der Waals surface area (Å²) >= 11 is 0. The predicted molar refractivity (Wildman–Crippen MR) is 105 cm³/mol. The summed E-state index contributed by atoms with van der Waals surface area (Å²) in [6.07, 6.45) is 2.24. The molecule has 0 bridgehead atoms. The van der Waals surface area contributed by atoms with Crippen LogP contribution < -0.4 is 15.8 Å². The number of rotatable bonds is 6. The molecule has 6 nitrogen and oxygen atoms in total. The Hall–Kier alpha value is -3.74. The second-order valence-electron chi connectivity index (χ2n) is 6.87. The third-order valence-corrected chi connectivity index (χ3v) is 4.77. The Morgan fingerprint density at radius 3 is 2.59 bits per heavy atom. The fourth-order valence-corrected chi connectivity index (χ4v) is 3.15. The van der Waals surface area contributed by atoms with Crippen LogP contribution in [0.2, 0.25) is 0 Å². The Kier molecular flexibility index (Phi) is 4.95. The van der Waals surface area contributed by atoms with Gasteiger partial charge in [-0.15, -0.1) is 0 Å². The van der Waals surface area contributed by atoms with Gasteiger partial charge in [0, 0.05) is 17.5 Å². The molecule has 7 heteroatoms. The van der Waals surface area contributed by atoms with Crippen LogP contribution in [0.15, 0.2) is 66.9 Å². The maximum atomic E-state index is 13.0. The van der Waals surface area contributed by atoms with Crippen molar-refractivity contribution < 1.29 is 18.7 Å². The molecule has 3 aromatic rings. The highest BCUT2D eigenvalue weighted by Gasteiger charge is 2.43. The lowest BCUT2D eigenvalue weighted by Gasteiger charge is -2.08. The normalized spacial score (nSPS) is 17.4. The van der Waals surface area contributed by atoms with Crippen molar-refractivity contribution in [1.29, 1.82) is 0 Å². The van der Waals surface area contributed by atoms with Crippen LogP contribution in [0.1, 0.15) is 28.3 Å². The van der Waals surface area contributed by atoms with Crippen LogP contribution in [-0.4, -0.2) is 16.8 Å². The Labute approximate surface area is 166 Å². The molecule has 1 saturated carbocycles. The van der Waals surface area contributed by atoms with Crippen LogP contribution in [-0.2, 0) is 4.79 Å². The first-order valence-electron chi connectivity index (χ1n) is 9.10. The van der Waals surface area contributed by atoms with Gasteiger partial charge in [-0.3, -0.25) is 9.59 Å². The highest BCUT2D eigenvalue weighted by Crippen LogP contribution is 2.48. The maximum absolute atomic E-state index is 13.0. The molecule has 1 aliphatic rings. The summed E-state index contributed by atoms with van der Waals surface area (Å²) in [5, 5.41) is 2.84. The van der Waals surface area contributed by atoms with E-state index in [0.29, 0.717) is 22.9 Å². The van der Waals surface area contributed by atoms with Gasteiger partial charge in [0.05, 0.1) is 11.9 Å². The summed E-state index contributed by atoms with van der Waals surface area (Å²) in [5.41, 5.74) is 7.12. The number of nitrogens with two attached hydrogens (primary N) is 1. The second-order valence-corrected chi connectivity index (χ2v) is 6.87. The van der Waals surface area contributed by atoms with Crippen molar-refractivity contribution in [3.8, 4) is 11.6 Å². The fraction of sp³-hybridized carbons (Fsp3) is 0.136. The number of nitrogens with one attached hydrogen (secondary N) is 1. The van der Waals surface area contributed by atoms with Gasteiger partial charge in [-0.2, -0.15) is 0 Å². The first kappa shape index (κ1) is 18.6. The Morgan fingerprint density at radius 1 is 1.10 bits per heavy atom. The van der Waals surface area contributed by atoms with Crippen LogP contribution in [0.3, 0.4) is 0 Å². The Bertz CT molecular complexity index is 1050. The van der Waals surface area contributed by atoms with Gasteiger partial charge in [-0.05, 0) is 54.3 Å². The third kappa shape index (κ3) is 4.40. The molecule has 0 aliphatic heterocycles. The van der Waals surface area contributed by atoms with E-state index in [9.17, 15) is 14.0 Å². The van der Waals surface area contributed by atoms with Crippen molar-refractivity contribution in [3.63, 3.8) is 0 Å². The van der Waals surface area contributed by atoms with Gasteiger partial charge >= 0.3 is 0 Å². The lowest BCUT2D eigenvalue weighted by atomic mass is 10.1. The lowest BCUT2D eigenvalue weighted by Crippen LogP contribution is -2.14. The number of hydrogen-bond donors (Lipinski definition) is 2. The highest BCUT2D eigenvalue weighted by atomic mass is 19.1. The van der Waals surface area contributed by atoms with Gasteiger partial charge in [0.1, 0.15) is 11.6 Å². The summed E-state index contributed by atoms with van der Waals surface area (Å²) in [4.78, 5) is 27.8. The minimum absolute atomic E-state index is 0.0936. The number of ether oxygens (including phenoxy) is 1. The molecule has 1 aromatic heterocycles. The number of pyridine rings is 1. The van der Waals surface area contributed by atoms with Gasteiger partial charge in [-0.25, -0.2) is 9.37 Å². The van der Waals surface area contributed by atoms with Crippen molar-refractivity contribution in [1.82, 2.24) is 4.98 Å². The summed E-state index contributed by atoms with van der Waals surface area (Å²) in [7, 11) is 0. The van der Waals surface area contributed by atoms with E-state index < -0.39 is 5.91 Å². The number of halogens is 1. The molecule has 2 aromatic carbocycles. The fourth-order valence-electron chi connectivity index (χ4n) is 3.15. The predicted octanol–water partition coefficient (Wildman–Crippen LogP) is 3.85. The lowest BCUT2D eigenvalue weighted by molar-refractivity contribution is -0.117. The summed E-state index contributed by atoms with van der Waals surface area (Å²) in [6.45, 7) is 0. The molecule has 1 aliphatic carbocycles. The van der Waals surface area contributed by atoms with Crippen molar-refractivity contribution in [2.45, 2.75) is 12.3 Å². The molecule has 1 fully saturated rings. The molecule has 0 unspecified atom stereocenters. The summed E-state index contributed by atoms with van der Waals surface area (Å²) in [5.74, 6) is -0.183. The van der Waals surface area contributed by atoms with E-state index in [1.54, 1.807) is 42.5 Å². The Morgan fingerprint density at radius 2 is 1.90 bits per heavy atom. The number of anilines is 1. The van der Waals surface area contributed by atoms with Gasteiger partial charge in [-0.1, -0.05) is 18.2 Å². The molecule has 3 N–H and O–H groups in total. The molecule has 146 valence electrons. The smallest absolute Gasteiger partial charge is 0.248 e. The zero-order valence-corrected chi connectivity index (χ0v) is 15.3. The standard InChI is InChI=1S/C22H18FN3O3/c23-15-6-4-13(5-7-15)18-11-19(18)22(28)26-16-8-9-20(25-12-16)29-17-3-1-2-14(10-17)21(24)27/h1-10,12,18-19H,11H2,(H2,24,27)(H,26,28)/t18-,19+/m0/s1. The first-order chi connectivity index (χ1) is 14.0. The van der Waals surface area contributed by atoms with Crippen LogP contribution >= 0.6 is 0 Å². The van der Waals surface area contributed by atoms with Crippen LogP contribution in [0, 0.1) is 11.7 Å². The number of carbonyl (C=O) groups excluding carboxylic acids is 2. The first-order valence-corrected chi connectivity index (χ1v) is 9.10. The van der Waals surface area contributed by atoms with Crippen molar-refractivity contribution >= 4 is 17.5 Å². The minimum Gasteiger partial charge on any atom is -0.439 e. The van der Waals surface area contributed by atoms with E-state index in [4.69, 9.17) is 10.5 Å². The number of carbonyl (C=O) groups is 2. The number of benzene rings is 2.